The first-order valence-electron chi connectivity index (χ1n) is 12.2. The number of carbonyl (C=O) groups is 1. The van der Waals surface area contributed by atoms with Gasteiger partial charge in [0.05, 0.1) is 12.2 Å². The van der Waals surface area contributed by atoms with Crippen molar-refractivity contribution in [3.05, 3.63) is 11.6 Å². The Morgan fingerprint density at radius 2 is 1.96 bits per heavy atom. The van der Waals surface area contributed by atoms with E-state index in [1.165, 1.54) is 44.1 Å². The van der Waals surface area contributed by atoms with E-state index in [1.807, 2.05) is 6.08 Å². The lowest BCUT2D eigenvalue weighted by Crippen LogP contribution is -2.52. The van der Waals surface area contributed by atoms with Crippen LogP contribution in [0.1, 0.15) is 98.8 Å². The zero-order valence-electron chi connectivity index (χ0n) is 18.9. The molecule has 3 saturated carbocycles. The topological polar surface area (TPSA) is 26.3 Å². The minimum absolute atomic E-state index is 0.283. The maximum atomic E-state index is 12.0. The van der Waals surface area contributed by atoms with Gasteiger partial charge in [-0.1, -0.05) is 46.6 Å². The molecule has 0 bridgehead atoms. The summed E-state index contributed by atoms with van der Waals surface area (Å²) < 4.78 is 6.81. The molecular formula is C26H42O2. The van der Waals surface area contributed by atoms with Crippen molar-refractivity contribution in [3.8, 4) is 0 Å². The molecular weight excluding hydrogens is 344 g/mol. The van der Waals surface area contributed by atoms with Crippen LogP contribution in [0.4, 0.5) is 0 Å². The lowest BCUT2D eigenvalue weighted by molar-refractivity contribution is -0.125. The highest BCUT2D eigenvalue weighted by atomic mass is 16.5. The molecule has 0 aromatic heterocycles. The smallest absolute Gasteiger partial charge is 0.155 e. The van der Waals surface area contributed by atoms with E-state index in [1.54, 1.807) is 0 Å². The van der Waals surface area contributed by atoms with Crippen molar-refractivity contribution in [2.75, 3.05) is 0 Å². The lowest BCUT2D eigenvalue weighted by atomic mass is 9.46. The zero-order valence-corrected chi connectivity index (χ0v) is 18.9. The molecule has 2 heteroatoms. The maximum absolute atomic E-state index is 12.0. The standard InChI is InChI=1S/C26H42O2/c1-6-8-20(7-2)28-23-15-17(3)24-21-10-9-18-16-19(27)11-13-25(18,4)22(21)12-14-26(23,24)5/h16-17,20-24H,6-15H2,1-5H3/t17?,20?,21-,22+,23+,24+,25+,26-/m1/s1. The summed E-state index contributed by atoms with van der Waals surface area (Å²) >= 11 is 0. The van der Waals surface area contributed by atoms with Gasteiger partial charge in [-0.05, 0) is 91.9 Å². The normalized spacial score (nSPS) is 46.4. The van der Waals surface area contributed by atoms with E-state index in [0.29, 0.717) is 23.4 Å². The van der Waals surface area contributed by atoms with Gasteiger partial charge in [0, 0.05) is 6.42 Å². The highest BCUT2D eigenvalue weighted by molar-refractivity contribution is 5.91. The number of fused-ring (bicyclic) bond motifs is 5. The summed E-state index contributed by atoms with van der Waals surface area (Å²) in [5.41, 5.74) is 2.12. The van der Waals surface area contributed by atoms with Gasteiger partial charge in [-0.2, -0.15) is 0 Å². The second-order valence-electron chi connectivity index (χ2n) is 11.1. The van der Waals surface area contributed by atoms with Gasteiger partial charge in [0.25, 0.3) is 0 Å². The van der Waals surface area contributed by atoms with Gasteiger partial charge in [-0.25, -0.2) is 0 Å². The molecule has 2 nitrogen and oxygen atoms in total. The molecule has 0 saturated heterocycles. The van der Waals surface area contributed by atoms with Crippen molar-refractivity contribution in [2.24, 2.45) is 34.5 Å². The molecule has 3 fully saturated rings. The third-order valence-electron chi connectivity index (χ3n) is 9.62. The molecule has 0 aromatic rings. The minimum Gasteiger partial charge on any atom is -0.374 e. The molecule has 2 unspecified atom stereocenters. The molecule has 4 aliphatic carbocycles. The highest BCUT2D eigenvalue weighted by Gasteiger charge is 2.61. The van der Waals surface area contributed by atoms with Crippen LogP contribution in [0.3, 0.4) is 0 Å². The van der Waals surface area contributed by atoms with Crippen LogP contribution in [-0.4, -0.2) is 18.0 Å². The van der Waals surface area contributed by atoms with Crippen molar-refractivity contribution in [2.45, 2.75) is 111 Å². The van der Waals surface area contributed by atoms with Gasteiger partial charge in [0.1, 0.15) is 0 Å². The van der Waals surface area contributed by atoms with Gasteiger partial charge in [0.15, 0.2) is 5.78 Å². The van der Waals surface area contributed by atoms with Gasteiger partial charge < -0.3 is 4.74 Å². The Balaban J connectivity index is 1.58. The van der Waals surface area contributed by atoms with Crippen LogP contribution in [0.25, 0.3) is 0 Å². The molecule has 0 spiro atoms. The Kier molecular flexibility index (Phi) is 5.57. The summed E-state index contributed by atoms with van der Waals surface area (Å²) in [6.07, 6.45) is 14.7. The predicted octanol–water partition coefficient (Wildman–Crippen LogP) is 6.73. The monoisotopic (exact) mass is 386 g/mol. The second kappa shape index (κ2) is 7.56. The summed E-state index contributed by atoms with van der Waals surface area (Å²) in [6.45, 7) is 12.1. The molecule has 28 heavy (non-hydrogen) atoms. The molecule has 8 atom stereocenters. The van der Waals surface area contributed by atoms with Crippen LogP contribution in [0.15, 0.2) is 11.6 Å². The predicted molar refractivity (Wildman–Crippen MR) is 115 cm³/mol. The average molecular weight is 387 g/mol. The number of hydrogen-bond donors (Lipinski definition) is 0. The number of ketones is 1. The highest BCUT2D eigenvalue weighted by Crippen LogP contribution is 2.67. The summed E-state index contributed by atoms with van der Waals surface area (Å²) in [5.74, 6) is 3.53. The third kappa shape index (κ3) is 3.13. The fourth-order valence-corrected chi connectivity index (χ4v) is 8.17. The minimum atomic E-state index is 0.283. The molecule has 0 heterocycles. The molecule has 0 amide bonds. The Morgan fingerprint density at radius 1 is 1.18 bits per heavy atom. The van der Waals surface area contributed by atoms with E-state index in [2.05, 4.69) is 34.6 Å². The van der Waals surface area contributed by atoms with E-state index >= 15 is 0 Å². The van der Waals surface area contributed by atoms with Gasteiger partial charge in [-0.15, -0.1) is 0 Å². The van der Waals surface area contributed by atoms with E-state index in [-0.39, 0.29) is 5.41 Å². The number of rotatable bonds is 5. The van der Waals surface area contributed by atoms with Crippen LogP contribution in [-0.2, 0) is 9.53 Å². The van der Waals surface area contributed by atoms with Crippen LogP contribution in [0.2, 0.25) is 0 Å². The van der Waals surface area contributed by atoms with E-state index in [4.69, 9.17) is 4.74 Å². The maximum Gasteiger partial charge on any atom is 0.155 e. The van der Waals surface area contributed by atoms with Gasteiger partial charge >= 0.3 is 0 Å². The van der Waals surface area contributed by atoms with E-state index in [9.17, 15) is 4.79 Å². The summed E-state index contributed by atoms with van der Waals surface area (Å²) in [5, 5.41) is 0. The molecule has 0 aromatic carbocycles. The Morgan fingerprint density at radius 3 is 2.68 bits per heavy atom. The third-order valence-corrected chi connectivity index (χ3v) is 9.62. The quantitative estimate of drug-likeness (QED) is 0.523. The zero-order chi connectivity index (χ0) is 20.1. The average Bonchev–Trinajstić information content (AvgIpc) is 2.92. The number of hydrogen-bond acceptors (Lipinski definition) is 2. The van der Waals surface area contributed by atoms with Gasteiger partial charge in [-0.3, -0.25) is 4.79 Å². The number of ether oxygens (including phenoxy) is 1. The first-order chi connectivity index (χ1) is 13.3. The Labute approximate surface area is 172 Å². The molecule has 4 rings (SSSR count). The first kappa shape index (κ1) is 20.6. The molecule has 158 valence electrons. The van der Waals surface area contributed by atoms with E-state index < -0.39 is 0 Å². The summed E-state index contributed by atoms with van der Waals surface area (Å²) in [7, 11) is 0. The van der Waals surface area contributed by atoms with Crippen molar-refractivity contribution >= 4 is 5.78 Å². The van der Waals surface area contributed by atoms with Crippen LogP contribution in [0, 0.1) is 34.5 Å². The molecule has 4 aliphatic rings. The van der Waals surface area contributed by atoms with Crippen LogP contribution in [0.5, 0.6) is 0 Å². The summed E-state index contributed by atoms with van der Waals surface area (Å²) in [4.78, 5) is 12.0. The Hall–Kier alpha value is -0.630. The first-order valence-corrected chi connectivity index (χ1v) is 12.2. The van der Waals surface area contributed by atoms with Crippen molar-refractivity contribution in [1.29, 1.82) is 0 Å². The van der Waals surface area contributed by atoms with E-state index in [0.717, 1.165) is 49.4 Å². The van der Waals surface area contributed by atoms with Crippen molar-refractivity contribution < 1.29 is 9.53 Å². The summed E-state index contributed by atoms with van der Waals surface area (Å²) in [6, 6.07) is 0. The lowest BCUT2D eigenvalue weighted by Gasteiger charge is -2.58. The molecule has 0 radical (unpaired) electrons. The van der Waals surface area contributed by atoms with Crippen LogP contribution < -0.4 is 0 Å². The molecule has 0 aliphatic heterocycles. The largest absolute Gasteiger partial charge is 0.374 e. The second-order valence-corrected chi connectivity index (χ2v) is 11.1. The number of allylic oxidation sites excluding steroid dienone is 1. The Bertz CT molecular complexity index is 636. The molecule has 0 N–H and O–H groups in total. The van der Waals surface area contributed by atoms with Crippen molar-refractivity contribution in [1.82, 2.24) is 0 Å². The van der Waals surface area contributed by atoms with Crippen LogP contribution >= 0.6 is 0 Å². The van der Waals surface area contributed by atoms with Gasteiger partial charge in [0.2, 0.25) is 0 Å². The fourth-order valence-electron chi connectivity index (χ4n) is 8.17. The van der Waals surface area contributed by atoms with Crippen molar-refractivity contribution in [3.63, 3.8) is 0 Å². The number of carbonyl (C=O) groups excluding carboxylic acids is 1. The fraction of sp³-hybridized carbons (Fsp3) is 0.885. The SMILES string of the molecule is CCCC(CC)O[C@H]1CC(C)[C@H]2[C@@H]3CCC4=CC(=O)CC[C@]4(C)[C@H]3CC[C@]12C.